The number of esters is 2. The van der Waals surface area contributed by atoms with Crippen LogP contribution in [0.1, 0.15) is 26.2 Å². The number of carbonyl (C=O) groups is 2. The van der Waals surface area contributed by atoms with Crippen LogP contribution < -0.4 is 0 Å². The monoisotopic (exact) mass is 212 g/mol. The van der Waals surface area contributed by atoms with Crippen LogP contribution in [0.3, 0.4) is 0 Å². The number of carbonyl (C=O) groups excluding carboxylic acids is 2. The molecule has 0 atom stereocenters. The lowest BCUT2D eigenvalue weighted by atomic mass is 9.78. The van der Waals surface area contributed by atoms with E-state index in [1.165, 1.54) is 14.2 Å². The Morgan fingerprint density at radius 3 is 1.80 bits per heavy atom. The van der Waals surface area contributed by atoms with Gasteiger partial charge in [0.15, 0.2) is 0 Å². The molecule has 1 aliphatic carbocycles. The van der Waals surface area contributed by atoms with E-state index >= 15 is 0 Å². The molecule has 4 nitrogen and oxygen atoms in total. The van der Waals surface area contributed by atoms with Gasteiger partial charge >= 0.3 is 11.9 Å². The van der Waals surface area contributed by atoms with E-state index in [9.17, 15) is 9.59 Å². The van der Waals surface area contributed by atoms with E-state index in [0.29, 0.717) is 5.92 Å². The van der Waals surface area contributed by atoms with Crippen molar-refractivity contribution in [3.63, 3.8) is 0 Å². The van der Waals surface area contributed by atoms with Crippen molar-refractivity contribution in [1.82, 2.24) is 0 Å². The van der Waals surface area contributed by atoms with E-state index in [0.717, 1.165) is 24.8 Å². The largest absolute Gasteiger partial charge is 0.465 e. The molecule has 1 aliphatic rings. The highest BCUT2D eigenvalue weighted by molar-refractivity contribution is 6.14. The zero-order chi connectivity index (χ0) is 11.4. The summed E-state index contributed by atoms with van der Waals surface area (Å²) in [6.07, 6.45) is 3.21. The van der Waals surface area contributed by atoms with E-state index in [4.69, 9.17) is 0 Å². The molecule has 0 aromatic heterocycles. The van der Waals surface area contributed by atoms with Crippen LogP contribution in [0.4, 0.5) is 0 Å². The van der Waals surface area contributed by atoms with Crippen molar-refractivity contribution < 1.29 is 19.1 Å². The van der Waals surface area contributed by atoms with E-state index in [1.54, 1.807) is 6.92 Å². The fourth-order valence-electron chi connectivity index (χ4n) is 1.65. The van der Waals surface area contributed by atoms with Crippen LogP contribution in [0.2, 0.25) is 0 Å². The minimum atomic E-state index is -0.605. The maximum Gasteiger partial charge on any atom is 0.345 e. The van der Waals surface area contributed by atoms with E-state index < -0.39 is 11.9 Å². The Morgan fingerprint density at radius 2 is 1.53 bits per heavy atom. The Labute approximate surface area is 89.2 Å². The van der Waals surface area contributed by atoms with E-state index in [2.05, 4.69) is 9.47 Å². The van der Waals surface area contributed by atoms with Crippen LogP contribution in [0.25, 0.3) is 0 Å². The number of allylic oxidation sites excluding steroid dienone is 1. The number of methoxy groups -OCH3 is 2. The van der Waals surface area contributed by atoms with Crippen LogP contribution in [-0.2, 0) is 19.1 Å². The quantitative estimate of drug-likeness (QED) is 0.307. The standard InChI is InChI=1S/C11H16O4/c1-7(8-5-4-6-8)9(10(12)14-2)11(13)15-3/h8H,4-6H2,1-3H3. The second-order valence-corrected chi connectivity index (χ2v) is 3.67. The molecule has 84 valence electrons. The van der Waals surface area contributed by atoms with Gasteiger partial charge in [-0.3, -0.25) is 0 Å². The lowest BCUT2D eigenvalue weighted by Crippen LogP contribution is -2.23. The Morgan fingerprint density at radius 1 is 1.07 bits per heavy atom. The highest BCUT2D eigenvalue weighted by Crippen LogP contribution is 2.34. The number of hydrogen-bond acceptors (Lipinski definition) is 4. The van der Waals surface area contributed by atoms with Crippen molar-refractivity contribution in [2.24, 2.45) is 5.92 Å². The highest BCUT2D eigenvalue weighted by Gasteiger charge is 2.29. The molecule has 0 aromatic carbocycles. The molecule has 0 N–H and O–H groups in total. The van der Waals surface area contributed by atoms with Gasteiger partial charge in [0.1, 0.15) is 5.57 Å². The van der Waals surface area contributed by atoms with Crippen molar-refractivity contribution >= 4 is 11.9 Å². The summed E-state index contributed by atoms with van der Waals surface area (Å²) in [5.41, 5.74) is 0.852. The summed E-state index contributed by atoms with van der Waals surface area (Å²) in [7, 11) is 2.53. The molecular formula is C11H16O4. The second-order valence-electron chi connectivity index (χ2n) is 3.67. The molecular weight excluding hydrogens is 196 g/mol. The molecule has 0 heterocycles. The van der Waals surface area contributed by atoms with Crippen molar-refractivity contribution in [3.8, 4) is 0 Å². The maximum atomic E-state index is 11.4. The topological polar surface area (TPSA) is 52.6 Å². The summed E-state index contributed by atoms with van der Waals surface area (Å²) < 4.78 is 9.16. The van der Waals surface area contributed by atoms with Crippen LogP contribution >= 0.6 is 0 Å². The summed E-state index contributed by atoms with van der Waals surface area (Å²) in [5, 5.41) is 0. The van der Waals surface area contributed by atoms with Gasteiger partial charge in [-0.2, -0.15) is 0 Å². The zero-order valence-corrected chi connectivity index (χ0v) is 9.33. The first-order valence-corrected chi connectivity index (χ1v) is 4.99. The minimum Gasteiger partial charge on any atom is -0.465 e. The first-order chi connectivity index (χ1) is 7.11. The van der Waals surface area contributed by atoms with Crippen molar-refractivity contribution in [1.29, 1.82) is 0 Å². The number of rotatable bonds is 3. The van der Waals surface area contributed by atoms with Crippen LogP contribution in [-0.4, -0.2) is 26.2 Å². The van der Waals surface area contributed by atoms with Gasteiger partial charge in [-0.05, 0) is 31.3 Å². The lowest BCUT2D eigenvalue weighted by Gasteiger charge is -2.27. The molecule has 0 amide bonds. The van der Waals surface area contributed by atoms with Crippen LogP contribution in [0.15, 0.2) is 11.1 Å². The van der Waals surface area contributed by atoms with Crippen molar-refractivity contribution in [3.05, 3.63) is 11.1 Å². The third-order valence-electron chi connectivity index (χ3n) is 2.89. The average Bonchev–Trinajstić information content (AvgIpc) is 2.14. The minimum absolute atomic E-state index is 0.0599. The average molecular weight is 212 g/mol. The molecule has 0 aliphatic heterocycles. The van der Waals surface area contributed by atoms with Crippen molar-refractivity contribution in [2.45, 2.75) is 26.2 Å². The lowest BCUT2D eigenvalue weighted by molar-refractivity contribution is -0.144. The van der Waals surface area contributed by atoms with Crippen LogP contribution in [0.5, 0.6) is 0 Å². The van der Waals surface area contributed by atoms with Crippen LogP contribution in [0, 0.1) is 5.92 Å². The SMILES string of the molecule is COC(=O)C(C(=O)OC)=C(C)C1CCC1. The fraction of sp³-hybridized carbons (Fsp3) is 0.636. The zero-order valence-electron chi connectivity index (χ0n) is 9.33. The Balaban J connectivity index is 2.96. The van der Waals surface area contributed by atoms with Gasteiger partial charge < -0.3 is 9.47 Å². The molecule has 0 aromatic rings. The van der Waals surface area contributed by atoms with E-state index in [-0.39, 0.29) is 5.57 Å². The van der Waals surface area contributed by atoms with Crippen molar-refractivity contribution in [2.75, 3.05) is 14.2 Å². The predicted octanol–water partition coefficient (Wildman–Crippen LogP) is 1.45. The van der Waals surface area contributed by atoms with Gasteiger partial charge in [0.25, 0.3) is 0 Å². The normalized spacial score (nSPS) is 15.1. The van der Waals surface area contributed by atoms with E-state index in [1.807, 2.05) is 0 Å². The van der Waals surface area contributed by atoms with Gasteiger partial charge in [-0.15, -0.1) is 0 Å². The summed E-state index contributed by atoms with van der Waals surface area (Å²) >= 11 is 0. The molecule has 0 radical (unpaired) electrons. The summed E-state index contributed by atoms with van der Waals surface area (Å²) in [4.78, 5) is 22.8. The molecule has 0 spiro atoms. The Hall–Kier alpha value is -1.32. The molecule has 1 rings (SSSR count). The predicted molar refractivity (Wildman–Crippen MR) is 54.1 cm³/mol. The first-order valence-electron chi connectivity index (χ1n) is 4.99. The maximum absolute atomic E-state index is 11.4. The molecule has 0 saturated heterocycles. The number of hydrogen-bond donors (Lipinski definition) is 0. The van der Waals surface area contributed by atoms with Gasteiger partial charge in [-0.1, -0.05) is 6.42 Å². The highest BCUT2D eigenvalue weighted by atomic mass is 16.5. The summed E-state index contributed by atoms with van der Waals surface area (Å²) in [5.74, 6) is -0.879. The molecule has 0 unspecified atom stereocenters. The van der Waals surface area contributed by atoms with Gasteiger partial charge in [0, 0.05) is 0 Å². The summed E-state index contributed by atoms with van der Waals surface area (Å²) in [6, 6.07) is 0. The fourth-order valence-corrected chi connectivity index (χ4v) is 1.65. The van der Waals surface area contributed by atoms with Gasteiger partial charge in [-0.25, -0.2) is 9.59 Å². The second kappa shape index (κ2) is 4.96. The Bertz CT molecular complexity index is 282. The molecule has 4 heteroatoms. The first kappa shape index (κ1) is 11.8. The number of ether oxygens (including phenoxy) is 2. The van der Waals surface area contributed by atoms with Gasteiger partial charge in [0.05, 0.1) is 14.2 Å². The summed E-state index contributed by atoms with van der Waals surface area (Å²) in [6.45, 7) is 1.80. The smallest absolute Gasteiger partial charge is 0.345 e. The molecule has 15 heavy (non-hydrogen) atoms. The molecule has 1 saturated carbocycles. The Kier molecular flexibility index (Phi) is 3.88. The molecule has 0 bridgehead atoms. The van der Waals surface area contributed by atoms with Gasteiger partial charge in [0.2, 0.25) is 0 Å². The molecule has 1 fully saturated rings. The third-order valence-corrected chi connectivity index (χ3v) is 2.89. The third kappa shape index (κ3) is 2.37.